The molecule has 0 aromatic heterocycles. The highest BCUT2D eigenvalue weighted by Crippen LogP contribution is 2.17. The van der Waals surface area contributed by atoms with Crippen LogP contribution < -0.4 is 0 Å². The van der Waals surface area contributed by atoms with Crippen LogP contribution in [0, 0.1) is 0 Å². The maximum Gasteiger partial charge on any atom is 0.227 e. The van der Waals surface area contributed by atoms with Crippen LogP contribution in [0.25, 0.3) is 0 Å². The Balaban J connectivity index is 2.04. The van der Waals surface area contributed by atoms with Crippen molar-refractivity contribution in [2.24, 2.45) is 0 Å². The Morgan fingerprint density at radius 1 is 1.05 bits per heavy atom. The molecule has 0 aliphatic carbocycles. The number of carbonyl (C=O) groups is 1. The maximum atomic E-state index is 12.4. The maximum absolute atomic E-state index is 12.4. The van der Waals surface area contributed by atoms with E-state index >= 15 is 0 Å². The molecule has 2 rings (SSSR count). The molecule has 2 nitrogen and oxygen atoms in total. The fraction of sp³-hybridized carbons (Fsp3) is 0.235. The molecule has 20 heavy (non-hydrogen) atoms. The van der Waals surface area contributed by atoms with Gasteiger partial charge < -0.3 is 4.90 Å². The van der Waals surface area contributed by atoms with Gasteiger partial charge in [-0.25, -0.2) is 0 Å². The van der Waals surface area contributed by atoms with Gasteiger partial charge in [0, 0.05) is 17.6 Å². The molecule has 1 amide bonds. The zero-order valence-corrected chi connectivity index (χ0v) is 13.1. The Bertz CT molecular complexity index is 568. The van der Waals surface area contributed by atoms with Gasteiger partial charge in [0.2, 0.25) is 5.91 Å². The van der Waals surface area contributed by atoms with Crippen LogP contribution in [-0.4, -0.2) is 17.4 Å². The van der Waals surface area contributed by atoms with Crippen molar-refractivity contribution in [3.8, 4) is 0 Å². The fourth-order valence-electron chi connectivity index (χ4n) is 2.10. The van der Waals surface area contributed by atoms with Crippen molar-refractivity contribution in [1.29, 1.82) is 0 Å². The van der Waals surface area contributed by atoms with Crippen molar-refractivity contribution >= 4 is 21.8 Å². The van der Waals surface area contributed by atoms with Gasteiger partial charge in [-0.15, -0.1) is 0 Å². The van der Waals surface area contributed by atoms with E-state index in [2.05, 4.69) is 15.9 Å². The van der Waals surface area contributed by atoms with Gasteiger partial charge in [0.15, 0.2) is 0 Å². The lowest BCUT2D eigenvalue weighted by molar-refractivity contribution is -0.130. The second kappa shape index (κ2) is 7.25. The van der Waals surface area contributed by atoms with E-state index in [9.17, 15) is 4.79 Å². The molecular weight excluding hydrogens is 314 g/mol. The first kappa shape index (κ1) is 14.8. The van der Waals surface area contributed by atoms with Crippen LogP contribution in [0.15, 0.2) is 59.1 Å². The fourth-order valence-corrected chi connectivity index (χ4v) is 2.52. The highest BCUT2D eigenvalue weighted by Gasteiger charge is 2.13. The first-order valence-electron chi connectivity index (χ1n) is 6.75. The van der Waals surface area contributed by atoms with Gasteiger partial charge in [-0.2, -0.15) is 0 Å². The number of amides is 1. The molecule has 0 aliphatic heterocycles. The molecule has 104 valence electrons. The number of rotatable bonds is 5. The van der Waals surface area contributed by atoms with Gasteiger partial charge in [-0.1, -0.05) is 64.5 Å². The molecule has 2 aromatic carbocycles. The summed E-state index contributed by atoms with van der Waals surface area (Å²) >= 11 is 3.49. The third-order valence-corrected chi connectivity index (χ3v) is 4.02. The lowest BCUT2D eigenvalue weighted by Crippen LogP contribution is -2.31. The van der Waals surface area contributed by atoms with Gasteiger partial charge in [-0.05, 0) is 24.1 Å². The minimum Gasteiger partial charge on any atom is -0.338 e. The molecule has 0 bridgehead atoms. The molecule has 0 saturated heterocycles. The summed E-state index contributed by atoms with van der Waals surface area (Å²) < 4.78 is 0.990. The monoisotopic (exact) mass is 331 g/mol. The molecule has 0 radical (unpaired) electrons. The van der Waals surface area contributed by atoms with Crippen LogP contribution in [0.4, 0.5) is 0 Å². The highest BCUT2D eigenvalue weighted by atomic mass is 79.9. The largest absolute Gasteiger partial charge is 0.338 e. The van der Waals surface area contributed by atoms with E-state index in [0.717, 1.165) is 22.1 Å². The minimum atomic E-state index is 0.156. The number of halogens is 1. The van der Waals surface area contributed by atoms with Crippen LogP contribution >= 0.6 is 15.9 Å². The summed E-state index contributed by atoms with van der Waals surface area (Å²) in [4.78, 5) is 14.3. The molecule has 0 spiro atoms. The van der Waals surface area contributed by atoms with Crippen molar-refractivity contribution in [2.45, 2.75) is 19.9 Å². The van der Waals surface area contributed by atoms with Crippen LogP contribution in [0.1, 0.15) is 18.1 Å². The van der Waals surface area contributed by atoms with Crippen LogP contribution in [-0.2, 0) is 17.8 Å². The number of hydrogen-bond donors (Lipinski definition) is 0. The van der Waals surface area contributed by atoms with E-state index in [0.29, 0.717) is 13.0 Å². The second-order valence-electron chi connectivity index (χ2n) is 4.66. The van der Waals surface area contributed by atoms with E-state index in [-0.39, 0.29) is 5.91 Å². The van der Waals surface area contributed by atoms with Crippen molar-refractivity contribution in [2.75, 3.05) is 6.54 Å². The second-order valence-corrected chi connectivity index (χ2v) is 5.52. The summed E-state index contributed by atoms with van der Waals surface area (Å²) in [5.41, 5.74) is 2.19. The Labute approximate surface area is 128 Å². The molecule has 2 aromatic rings. The molecule has 0 fully saturated rings. The van der Waals surface area contributed by atoms with E-state index in [4.69, 9.17) is 0 Å². The number of nitrogens with zero attached hydrogens (tertiary/aromatic N) is 1. The van der Waals surface area contributed by atoms with Crippen molar-refractivity contribution in [3.05, 3.63) is 70.2 Å². The van der Waals surface area contributed by atoms with Gasteiger partial charge in [-0.3, -0.25) is 4.79 Å². The van der Waals surface area contributed by atoms with Crippen molar-refractivity contribution in [1.82, 2.24) is 4.90 Å². The van der Waals surface area contributed by atoms with E-state index in [1.54, 1.807) is 0 Å². The third kappa shape index (κ3) is 3.94. The topological polar surface area (TPSA) is 20.3 Å². The Kier molecular flexibility index (Phi) is 5.36. The van der Waals surface area contributed by atoms with E-state index < -0.39 is 0 Å². The molecule has 0 aliphatic rings. The first-order chi connectivity index (χ1) is 9.70. The average molecular weight is 332 g/mol. The normalized spacial score (nSPS) is 10.3. The molecule has 0 N–H and O–H groups in total. The zero-order valence-electron chi connectivity index (χ0n) is 11.6. The number of benzene rings is 2. The average Bonchev–Trinajstić information content (AvgIpc) is 2.48. The third-order valence-electron chi connectivity index (χ3n) is 3.25. The smallest absolute Gasteiger partial charge is 0.227 e. The number of carbonyl (C=O) groups excluding carboxylic acids is 1. The SMILES string of the molecule is CCN(Cc1ccccc1)C(=O)Cc1ccccc1Br. The van der Waals surface area contributed by atoms with E-state index in [1.807, 2.05) is 66.4 Å². The summed E-state index contributed by atoms with van der Waals surface area (Å²) in [6.45, 7) is 3.40. The van der Waals surface area contributed by atoms with Gasteiger partial charge >= 0.3 is 0 Å². The van der Waals surface area contributed by atoms with Crippen LogP contribution in [0.2, 0.25) is 0 Å². The highest BCUT2D eigenvalue weighted by molar-refractivity contribution is 9.10. The van der Waals surface area contributed by atoms with Gasteiger partial charge in [0.25, 0.3) is 0 Å². The summed E-state index contributed by atoms with van der Waals surface area (Å²) in [6, 6.07) is 18.0. The van der Waals surface area contributed by atoms with E-state index in [1.165, 1.54) is 0 Å². The van der Waals surface area contributed by atoms with Crippen molar-refractivity contribution in [3.63, 3.8) is 0 Å². The van der Waals surface area contributed by atoms with Crippen LogP contribution in [0.3, 0.4) is 0 Å². The molecule has 0 saturated carbocycles. The summed E-state index contributed by atoms with van der Waals surface area (Å²) in [7, 11) is 0. The molecule has 0 atom stereocenters. The Morgan fingerprint density at radius 2 is 1.70 bits per heavy atom. The molecule has 0 heterocycles. The summed E-state index contributed by atoms with van der Waals surface area (Å²) in [5.74, 6) is 0.156. The summed E-state index contributed by atoms with van der Waals surface area (Å²) in [5, 5.41) is 0. The Morgan fingerprint density at radius 3 is 2.35 bits per heavy atom. The number of hydrogen-bond acceptors (Lipinski definition) is 1. The predicted molar refractivity (Wildman–Crippen MR) is 85.4 cm³/mol. The Hall–Kier alpha value is -1.61. The zero-order chi connectivity index (χ0) is 14.4. The summed E-state index contributed by atoms with van der Waals surface area (Å²) in [6.07, 6.45) is 0.433. The predicted octanol–water partition coefficient (Wildman–Crippen LogP) is 4.04. The lowest BCUT2D eigenvalue weighted by Gasteiger charge is -2.21. The lowest BCUT2D eigenvalue weighted by atomic mass is 10.1. The van der Waals surface area contributed by atoms with Crippen molar-refractivity contribution < 1.29 is 4.79 Å². The van der Waals surface area contributed by atoms with Crippen LogP contribution in [0.5, 0.6) is 0 Å². The quantitative estimate of drug-likeness (QED) is 0.809. The van der Waals surface area contributed by atoms with Gasteiger partial charge in [0.1, 0.15) is 0 Å². The molecule has 3 heteroatoms. The first-order valence-corrected chi connectivity index (χ1v) is 7.55. The standard InChI is InChI=1S/C17H18BrNO/c1-2-19(13-14-8-4-3-5-9-14)17(20)12-15-10-6-7-11-16(15)18/h3-11H,2,12-13H2,1H3. The molecule has 0 unspecified atom stereocenters. The minimum absolute atomic E-state index is 0.156. The number of likely N-dealkylation sites (N-methyl/N-ethyl adjacent to an activating group) is 1. The molecular formula is C17H18BrNO. The van der Waals surface area contributed by atoms with Gasteiger partial charge in [0.05, 0.1) is 6.42 Å².